The summed E-state index contributed by atoms with van der Waals surface area (Å²) < 4.78 is 10.6. The van der Waals surface area contributed by atoms with Gasteiger partial charge >= 0.3 is 0 Å². The number of likely N-dealkylation sites (tertiary alicyclic amines) is 1. The number of non-ortho nitro benzene ring substituents is 1. The standard InChI is InChI=1S/C27H30N4O6/c1-36-21-5-6-24-23(16-21)22(9-12-28-24)25(32)17-30-13-10-19(11-14-30)29-27(33)8-3-18-15-20(31(34)35)4-7-26(18)37-2/h3-9,12,15-16,19,25,32H,10-11,13-14,17H2,1-2H3,(H,29,33)/b8-3+/t25-/m0/s1. The zero-order valence-electron chi connectivity index (χ0n) is 20.8. The van der Waals surface area contributed by atoms with Crippen molar-refractivity contribution >= 4 is 28.6 Å². The van der Waals surface area contributed by atoms with E-state index in [2.05, 4.69) is 15.2 Å². The van der Waals surface area contributed by atoms with Crippen molar-refractivity contribution in [2.24, 2.45) is 0 Å². The van der Waals surface area contributed by atoms with Crippen LogP contribution in [-0.2, 0) is 4.79 Å². The van der Waals surface area contributed by atoms with Crippen molar-refractivity contribution in [3.63, 3.8) is 0 Å². The Labute approximate surface area is 214 Å². The summed E-state index contributed by atoms with van der Waals surface area (Å²) in [6.07, 6.45) is 5.39. The number of nitro benzene ring substituents is 1. The van der Waals surface area contributed by atoms with Gasteiger partial charge in [0.15, 0.2) is 0 Å². The van der Waals surface area contributed by atoms with E-state index in [1.54, 1.807) is 13.3 Å². The molecule has 10 heteroatoms. The lowest BCUT2D eigenvalue weighted by Gasteiger charge is -2.33. The molecule has 1 aromatic heterocycles. The summed E-state index contributed by atoms with van der Waals surface area (Å²) in [5, 5.41) is 25.9. The molecule has 3 aromatic rings. The molecule has 4 rings (SSSR count). The van der Waals surface area contributed by atoms with Gasteiger partial charge in [-0.15, -0.1) is 0 Å². The minimum absolute atomic E-state index is 0.00330. The van der Waals surface area contributed by atoms with Crippen LogP contribution in [0.15, 0.2) is 54.7 Å². The van der Waals surface area contributed by atoms with Gasteiger partial charge < -0.3 is 24.8 Å². The average Bonchev–Trinajstić information content (AvgIpc) is 2.92. The number of aliphatic hydroxyl groups excluding tert-OH is 1. The molecule has 1 atom stereocenters. The van der Waals surface area contributed by atoms with Crippen LogP contribution < -0.4 is 14.8 Å². The van der Waals surface area contributed by atoms with E-state index in [0.29, 0.717) is 23.6 Å². The monoisotopic (exact) mass is 506 g/mol. The van der Waals surface area contributed by atoms with Crippen molar-refractivity contribution in [3.05, 3.63) is 76.0 Å². The van der Waals surface area contributed by atoms with Gasteiger partial charge in [-0.1, -0.05) is 0 Å². The lowest BCUT2D eigenvalue weighted by molar-refractivity contribution is -0.384. The first-order valence-electron chi connectivity index (χ1n) is 12.0. The van der Waals surface area contributed by atoms with Gasteiger partial charge in [0.25, 0.3) is 5.69 Å². The number of hydrogen-bond acceptors (Lipinski definition) is 8. The van der Waals surface area contributed by atoms with E-state index >= 15 is 0 Å². The number of nitrogens with zero attached hydrogens (tertiary/aromatic N) is 3. The Kier molecular flexibility index (Phi) is 8.32. The Morgan fingerprint density at radius 1 is 1.22 bits per heavy atom. The molecule has 10 nitrogen and oxygen atoms in total. The molecule has 1 fully saturated rings. The highest BCUT2D eigenvalue weighted by atomic mass is 16.6. The second-order valence-corrected chi connectivity index (χ2v) is 8.90. The number of piperidine rings is 1. The number of ether oxygens (including phenoxy) is 2. The summed E-state index contributed by atoms with van der Waals surface area (Å²) >= 11 is 0. The van der Waals surface area contributed by atoms with E-state index in [-0.39, 0.29) is 17.6 Å². The second kappa shape index (κ2) is 11.8. The fourth-order valence-corrected chi connectivity index (χ4v) is 4.55. The highest BCUT2D eigenvalue weighted by Crippen LogP contribution is 2.28. The van der Waals surface area contributed by atoms with E-state index < -0.39 is 11.0 Å². The predicted molar refractivity (Wildman–Crippen MR) is 140 cm³/mol. The molecule has 0 radical (unpaired) electrons. The topological polar surface area (TPSA) is 127 Å². The van der Waals surface area contributed by atoms with Crippen LogP contribution in [-0.4, -0.2) is 65.7 Å². The molecule has 0 spiro atoms. The quantitative estimate of drug-likeness (QED) is 0.257. The summed E-state index contributed by atoms with van der Waals surface area (Å²) in [6, 6.07) is 11.7. The first-order valence-corrected chi connectivity index (χ1v) is 12.0. The van der Waals surface area contributed by atoms with E-state index in [1.165, 1.54) is 37.5 Å². The summed E-state index contributed by atoms with van der Waals surface area (Å²) in [4.78, 5) is 29.6. The minimum atomic E-state index is -0.684. The highest BCUT2D eigenvalue weighted by Gasteiger charge is 2.23. The second-order valence-electron chi connectivity index (χ2n) is 8.90. The number of amides is 1. The zero-order valence-corrected chi connectivity index (χ0v) is 20.8. The smallest absolute Gasteiger partial charge is 0.270 e. The molecule has 2 N–H and O–H groups in total. The summed E-state index contributed by atoms with van der Waals surface area (Å²) in [5.74, 6) is 0.884. The molecule has 1 aliphatic heterocycles. The van der Waals surface area contributed by atoms with E-state index in [4.69, 9.17) is 9.47 Å². The number of rotatable bonds is 9. The van der Waals surface area contributed by atoms with Crippen LogP contribution in [0, 0.1) is 10.1 Å². The van der Waals surface area contributed by atoms with Gasteiger partial charge in [-0.2, -0.15) is 0 Å². The Morgan fingerprint density at radius 3 is 2.70 bits per heavy atom. The SMILES string of the molecule is COc1ccc2nccc([C@@H](O)CN3CCC(NC(=O)/C=C/c4cc([N+](=O)[O-])ccc4OC)CC3)c2c1. The summed E-state index contributed by atoms with van der Waals surface area (Å²) in [7, 11) is 3.08. The molecule has 0 aliphatic carbocycles. The van der Waals surface area contributed by atoms with E-state index in [9.17, 15) is 20.0 Å². The van der Waals surface area contributed by atoms with Gasteiger partial charge in [-0.05, 0) is 54.8 Å². The van der Waals surface area contributed by atoms with Crippen LogP contribution in [0.3, 0.4) is 0 Å². The van der Waals surface area contributed by atoms with Gasteiger partial charge in [-0.25, -0.2) is 0 Å². The molecular weight excluding hydrogens is 476 g/mol. The van der Waals surface area contributed by atoms with Crippen molar-refractivity contribution in [1.29, 1.82) is 0 Å². The predicted octanol–water partition coefficient (Wildman–Crippen LogP) is 3.49. The molecule has 1 amide bonds. The fourth-order valence-electron chi connectivity index (χ4n) is 4.55. The molecule has 194 valence electrons. The molecular formula is C27H30N4O6. The molecule has 1 saturated heterocycles. The van der Waals surface area contributed by atoms with Crippen molar-refractivity contribution in [2.75, 3.05) is 33.9 Å². The number of aromatic nitrogens is 1. The number of nitrogens with one attached hydrogen (secondary N) is 1. The number of fused-ring (bicyclic) bond motifs is 1. The summed E-state index contributed by atoms with van der Waals surface area (Å²) in [6.45, 7) is 1.94. The number of aliphatic hydroxyl groups is 1. The van der Waals surface area contributed by atoms with Crippen LogP contribution in [0.25, 0.3) is 17.0 Å². The molecule has 0 saturated carbocycles. The third-order valence-electron chi connectivity index (χ3n) is 6.54. The number of pyridine rings is 1. The zero-order chi connectivity index (χ0) is 26.4. The first kappa shape index (κ1) is 26.1. The average molecular weight is 507 g/mol. The third-order valence-corrected chi connectivity index (χ3v) is 6.54. The van der Waals surface area contributed by atoms with Gasteiger partial charge in [0, 0.05) is 61.0 Å². The van der Waals surface area contributed by atoms with Crippen LogP contribution in [0.4, 0.5) is 5.69 Å². The number of β-amino-alcohol motifs (C(OH)–C–C–N with tert-alkyl or cyclic N) is 1. The number of carbonyl (C=O) groups is 1. The molecule has 1 aliphatic rings. The number of hydrogen-bond donors (Lipinski definition) is 2. The van der Waals surface area contributed by atoms with Crippen LogP contribution in [0.2, 0.25) is 0 Å². The fraction of sp³-hybridized carbons (Fsp3) is 0.333. The molecule has 2 aromatic carbocycles. The molecule has 0 bridgehead atoms. The molecule has 37 heavy (non-hydrogen) atoms. The minimum Gasteiger partial charge on any atom is -0.497 e. The first-order chi connectivity index (χ1) is 17.9. The Bertz CT molecular complexity index is 1300. The Morgan fingerprint density at radius 2 is 2.00 bits per heavy atom. The van der Waals surface area contributed by atoms with Crippen LogP contribution >= 0.6 is 0 Å². The summed E-state index contributed by atoms with van der Waals surface area (Å²) in [5.41, 5.74) is 1.99. The third kappa shape index (κ3) is 6.41. The van der Waals surface area contributed by atoms with E-state index in [1.807, 2.05) is 24.3 Å². The number of benzene rings is 2. The van der Waals surface area contributed by atoms with Crippen molar-refractivity contribution in [1.82, 2.24) is 15.2 Å². The van der Waals surface area contributed by atoms with Gasteiger partial charge in [0.2, 0.25) is 5.91 Å². The Hall–Kier alpha value is -4.02. The van der Waals surface area contributed by atoms with Crippen molar-refractivity contribution in [2.45, 2.75) is 25.0 Å². The van der Waals surface area contributed by atoms with Gasteiger partial charge in [0.1, 0.15) is 11.5 Å². The van der Waals surface area contributed by atoms with Crippen molar-refractivity contribution in [3.8, 4) is 11.5 Å². The number of nitro groups is 1. The van der Waals surface area contributed by atoms with Gasteiger partial charge in [0.05, 0.1) is 30.8 Å². The normalized spacial score (nSPS) is 15.5. The van der Waals surface area contributed by atoms with Crippen molar-refractivity contribution < 1.29 is 24.3 Å². The number of carbonyl (C=O) groups excluding carboxylic acids is 1. The number of methoxy groups -OCH3 is 2. The molecule has 2 heterocycles. The maximum Gasteiger partial charge on any atom is 0.270 e. The lowest BCUT2D eigenvalue weighted by atomic mass is 10.0. The largest absolute Gasteiger partial charge is 0.497 e. The van der Waals surface area contributed by atoms with E-state index in [0.717, 1.165) is 42.4 Å². The maximum absolute atomic E-state index is 12.5. The highest BCUT2D eigenvalue weighted by molar-refractivity contribution is 5.92. The lowest BCUT2D eigenvalue weighted by Crippen LogP contribution is -2.45. The van der Waals surface area contributed by atoms with Crippen LogP contribution in [0.1, 0.15) is 30.1 Å². The van der Waals surface area contributed by atoms with Crippen LogP contribution in [0.5, 0.6) is 11.5 Å². The Balaban J connectivity index is 1.31. The van der Waals surface area contributed by atoms with Gasteiger partial charge in [-0.3, -0.25) is 19.9 Å². The maximum atomic E-state index is 12.5. The molecule has 0 unspecified atom stereocenters.